The largest absolute Gasteiger partial charge is 0.486 e. The minimum Gasteiger partial charge on any atom is -0.486 e. The van der Waals surface area contributed by atoms with Gasteiger partial charge in [0.1, 0.15) is 24.6 Å². The fraction of sp³-hybridized carbons (Fsp3) is 0.500. The lowest BCUT2D eigenvalue weighted by molar-refractivity contribution is -0.157. The molecule has 1 aromatic rings. The number of carbonyl (C=O) groups is 1. The van der Waals surface area contributed by atoms with E-state index in [9.17, 15) is 4.79 Å². The van der Waals surface area contributed by atoms with E-state index in [1.165, 1.54) is 0 Å². The van der Waals surface area contributed by atoms with Gasteiger partial charge < -0.3 is 18.9 Å². The normalized spacial score (nSPS) is 13.8. The molecular weight excluding hydrogens is 248 g/mol. The van der Waals surface area contributed by atoms with Crippen LogP contribution in [-0.4, -0.2) is 31.4 Å². The van der Waals surface area contributed by atoms with Crippen LogP contribution in [0.25, 0.3) is 0 Å². The molecule has 0 amide bonds. The van der Waals surface area contributed by atoms with Gasteiger partial charge in [-0.3, -0.25) is 0 Å². The molecule has 104 valence electrons. The first-order chi connectivity index (χ1) is 8.94. The Bertz CT molecular complexity index is 461. The van der Waals surface area contributed by atoms with Crippen LogP contribution in [0.2, 0.25) is 0 Å². The van der Waals surface area contributed by atoms with E-state index >= 15 is 0 Å². The fourth-order valence-electron chi connectivity index (χ4n) is 1.63. The summed E-state index contributed by atoms with van der Waals surface area (Å²) in [5, 5.41) is 0. The summed E-state index contributed by atoms with van der Waals surface area (Å²) >= 11 is 0. The van der Waals surface area contributed by atoms with E-state index in [-0.39, 0.29) is 6.61 Å². The lowest BCUT2D eigenvalue weighted by Gasteiger charge is -2.20. The molecule has 5 nitrogen and oxygen atoms in total. The third kappa shape index (κ3) is 4.05. The Morgan fingerprint density at radius 3 is 2.58 bits per heavy atom. The van der Waals surface area contributed by atoms with Gasteiger partial charge in [0.15, 0.2) is 18.1 Å². The molecule has 0 saturated heterocycles. The highest BCUT2D eigenvalue weighted by atomic mass is 16.6. The van der Waals surface area contributed by atoms with Gasteiger partial charge in [0, 0.05) is 6.07 Å². The Labute approximate surface area is 112 Å². The van der Waals surface area contributed by atoms with Gasteiger partial charge in [0.2, 0.25) is 0 Å². The average Bonchev–Trinajstić information content (AvgIpc) is 2.34. The predicted octanol–water partition coefficient (Wildman–Crippen LogP) is 2.18. The number of hydrogen-bond acceptors (Lipinski definition) is 5. The van der Waals surface area contributed by atoms with Crippen LogP contribution in [0.3, 0.4) is 0 Å². The summed E-state index contributed by atoms with van der Waals surface area (Å²) in [6.45, 7) is 6.38. The maximum absolute atomic E-state index is 11.5. The molecule has 0 unspecified atom stereocenters. The molecule has 1 aliphatic heterocycles. The first-order valence-electron chi connectivity index (χ1n) is 6.18. The minimum atomic E-state index is -0.507. The van der Waals surface area contributed by atoms with Crippen LogP contribution in [0.15, 0.2) is 18.2 Å². The number of ether oxygens (including phenoxy) is 4. The van der Waals surface area contributed by atoms with E-state index in [0.717, 1.165) is 0 Å². The first-order valence-corrected chi connectivity index (χ1v) is 6.18. The second kappa shape index (κ2) is 5.38. The summed E-state index contributed by atoms with van der Waals surface area (Å²) in [7, 11) is 0. The van der Waals surface area contributed by atoms with Crippen molar-refractivity contribution < 1.29 is 23.7 Å². The number of hydrogen-bond donors (Lipinski definition) is 0. The standard InChI is InChI=1S/C14H18O5/c1-14(2,3)19-13(15)9-18-10-4-5-11-12(8-10)17-7-6-16-11/h4-5,8H,6-7,9H2,1-3H3. The lowest BCUT2D eigenvalue weighted by atomic mass is 10.2. The van der Waals surface area contributed by atoms with E-state index in [2.05, 4.69) is 0 Å². The Kier molecular flexibility index (Phi) is 3.83. The molecule has 0 atom stereocenters. The topological polar surface area (TPSA) is 54.0 Å². The van der Waals surface area contributed by atoms with E-state index in [1.54, 1.807) is 18.2 Å². The fourth-order valence-corrected chi connectivity index (χ4v) is 1.63. The van der Waals surface area contributed by atoms with Crippen molar-refractivity contribution in [1.82, 2.24) is 0 Å². The van der Waals surface area contributed by atoms with Crippen LogP contribution in [0.4, 0.5) is 0 Å². The second-order valence-corrected chi connectivity index (χ2v) is 5.18. The van der Waals surface area contributed by atoms with E-state index < -0.39 is 11.6 Å². The summed E-state index contributed by atoms with van der Waals surface area (Å²) < 4.78 is 21.3. The SMILES string of the molecule is CC(C)(C)OC(=O)COc1ccc2c(c1)OCCO2. The highest BCUT2D eigenvalue weighted by Crippen LogP contribution is 2.33. The van der Waals surface area contributed by atoms with E-state index in [0.29, 0.717) is 30.5 Å². The summed E-state index contributed by atoms with van der Waals surface area (Å²) in [6, 6.07) is 5.20. The molecule has 0 aromatic heterocycles. The van der Waals surface area contributed by atoms with Gasteiger partial charge >= 0.3 is 5.97 Å². The van der Waals surface area contributed by atoms with Crippen molar-refractivity contribution in [2.75, 3.05) is 19.8 Å². The molecule has 0 N–H and O–H groups in total. The first kappa shape index (κ1) is 13.5. The number of benzene rings is 1. The molecule has 0 bridgehead atoms. The Morgan fingerprint density at radius 2 is 1.89 bits per heavy atom. The molecule has 2 rings (SSSR count). The minimum absolute atomic E-state index is 0.128. The van der Waals surface area contributed by atoms with Gasteiger partial charge in [0.25, 0.3) is 0 Å². The number of esters is 1. The number of rotatable bonds is 3. The molecule has 5 heteroatoms. The van der Waals surface area contributed by atoms with E-state index in [4.69, 9.17) is 18.9 Å². The smallest absolute Gasteiger partial charge is 0.344 e. The third-order valence-corrected chi connectivity index (χ3v) is 2.29. The van der Waals surface area contributed by atoms with Gasteiger partial charge in [-0.25, -0.2) is 4.79 Å². The van der Waals surface area contributed by atoms with Crippen molar-refractivity contribution in [3.8, 4) is 17.2 Å². The van der Waals surface area contributed by atoms with Gasteiger partial charge in [0.05, 0.1) is 0 Å². The van der Waals surface area contributed by atoms with Crippen molar-refractivity contribution in [3.05, 3.63) is 18.2 Å². The lowest BCUT2D eigenvalue weighted by Crippen LogP contribution is -2.27. The van der Waals surface area contributed by atoms with Crippen molar-refractivity contribution in [2.45, 2.75) is 26.4 Å². The van der Waals surface area contributed by atoms with Crippen LogP contribution in [-0.2, 0) is 9.53 Å². The molecular formula is C14H18O5. The molecule has 0 radical (unpaired) electrons. The summed E-state index contributed by atoms with van der Waals surface area (Å²) in [6.07, 6.45) is 0. The van der Waals surface area contributed by atoms with Crippen molar-refractivity contribution in [1.29, 1.82) is 0 Å². The van der Waals surface area contributed by atoms with Gasteiger partial charge in [-0.05, 0) is 32.9 Å². The highest BCUT2D eigenvalue weighted by molar-refractivity contribution is 5.71. The van der Waals surface area contributed by atoms with Crippen LogP contribution >= 0.6 is 0 Å². The summed E-state index contributed by atoms with van der Waals surface area (Å²) in [4.78, 5) is 11.5. The molecule has 0 saturated carbocycles. The molecule has 0 spiro atoms. The van der Waals surface area contributed by atoms with Crippen LogP contribution in [0.1, 0.15) is 20.8 Å². The quantitative estimate of drug-likeness (QED) is 0.785. The zero-order chi connectivity index (χ0) is 13.9. The maximum atomic E-state index is 11.5. The van der Waals surface area contributed by atoms with Crippen molar-refractivity contribution >= 4 is 5.97 Å². The highest BCUT2D eigenvalue weighted by Gasteiger charge is 2.17. The third-order valence-electron chi connectivity index (χ3n) is 2.29. The summed E-state index contributed by atoms with van der Waals surface area (Å²) in [5.41, 5.74) is -0.507. The average molecular weight is 266 g/mol. The predicted molar refractivity (Wildman–Crippen MR) is 68.8 cm³/mol. The monoisotopic (exact) mass is 266 g/mol. The van der Waals surface area contributed by atoms with Crippen LogP contribution in [0, 0.1) is 0 Å². The van der Waals surface area contributed by atoms with Crippen LogP contribution in [0.5, 0.6) is 17.2 Å². The number of carbonyl (C=O) groups excluding carboxylic acids is 1. The van der Waals surface area contributed by atoms with Crippen LogP contribution < -0.4 is 14.2 Å². The molecule has 19 heavy (non-hydrogen) atoms. The van der Waals surface area contributed by atoms with Crippen molar-refractivity contribution in [3.63, 3.8) is 0 Å². The zero-order valence-corrected chi connectivity index (χ0v) is 11.4. The van der Waals surface area contributed by atoms with Gasteiger partial charge in [-0.15, -0.1) is 0 Å². The van der Waals surface area contributed by atoms with Gasteiger partial charge in [-0.1, -0.05) is 0 Å². The van der Waals surface area contributed by atoms with Gasteiger partial charge in [-0.2, -0.15) is 0 Å². The Hall–Kier alpha value is -1.91. The van der Waals surface area contributed by atoms with Crippen molar-refractivity contribution in [2.24, 2.45) is 0 Å². The molecule has 0 fully saturated rings. The molecule has 1 heterocycles. The molecule has 0 aliphatic carbocycles. The maximum Gasteiger partial charge on any atom is 0.344 e. The zero-order valence-electron chi connectivity index (χ0n) is 11.4. The Balaban J connectivity index is 1.91. The number of fused-ring (bicyclic) bond motifs is 1. The van der Waals surface area contributed by atoms with E-state index in [1.807, 2.05) is 20.8 Å². The summed E-state index contributed by atoms with van der Waals surface area (Å²) in [5.74, 6) is 1.47. The second-order valence-electron chi connectivity index (χ2n) is 5.18. The Morgan fingerprint density at radius 1 is 1.21 bits per heavy atom. The molecule has 1 aromatic carbocycles. The molecule has 1 aliphatic rings.